The van der Waals surface area contributed by atoms with Crippen LogP contribution in [0.3, 0.4) is 0 Å². The first-order valence-corrected chi connectivity index (χ1v) is 6.94. The molecule has 0 saturated carbocycles. The fourth-order valence-electron chi connectivity index (χ4n) is 2.05. The molecule has 3 N–H and O–H groups in total. The number of nitrogen functional groups attached to an aromatic ring is 1. The second kappa shape index (κ2) is 7.52. The number of methoxy groups -OCH3 is 1. The van der Waals surface area contributed by atoms with E-state index in [0.29, 0.717) is 30.0 Å². The molecule has 0 atom stereocenters. The monoisotopic (exact) mass is 293 g/mol. The molecule has 0 aliphatic rings. The lowest BCUT2D eigenvalue weighted by atomic mass is 10.1. The minimum absolute atomic E-state index is 0.00842. The van der Waals surface area contributed by atoms with Crippen molar-refractivity contribution in [2.24, 2.45) is 0 Å². The zero-order chi connectivity index (χ0) is 16.0. The predicted molar refractivity (Wildman–Crippen MR) is 83.3 cm³/mol. The predicted octanol–water partition coefficient (Wildman–Crippen LogP) is 1.64. The van der Waals surface area contributed by atoms with E-state index in [4.69, 9.17) is 10.5 Å². The number of carbonyl (C=O) groups excluding carboxylic acids is 2. The van der Waals surface area contributed by atoms with Crippen molar-refractivity contribution in [2.75, 3.05) is 37.8 Å². The maximum absolute atomic E-state index is 12.0. The molecule has 0 aliphatic heterocycles. The minimum atomic E-state index is -0.491. The fourth-order valence-corrected chi connectivity index (χ4v) is 2.05. The third-order valence-corrected chi connectivity index (χ3v) is 3.35. The SMILES string of the molecule is CCN(CC)C(=O)CNc1cc(C)c(N)c(C(=O)OC)c1. The zero-order valence-corrected chi connectivity index (χ0v) is 13.0. The average molecular weight is 293 g/mol. The Morgan fingerprint density at radius 1 is 1.29 bits per heavy atom. The van der Waals surface area contributed by atoms with Crippen LogP contribution in [0.1, 0.15) is 29.8 Å². The highest BCUT2D eigenvalue weighted by molar-refractivity contribution is 5.97. The number of ether oxygens (including phenoxy) is 1. The van der Waals surface area contributed by atoms with Gasteiger partial charge < -0.3 is 20.7 Å². The molecule has 1 aromatic carbocycles. The molecule has 0 bridgehead atoms. The standard InChI is InChI=1S/C15H23N3O3/c1-5-18(6-2)13(19)9-17-11-7-10(3)14(16)12(8-11)15(20)21-4/h7-8,17H,5-6,9,16H2,1-4H3. The molecular formula is C15H23N3O3. The van der Waals surface area contributed by atoms with Gasteiger partial charge in [0.25, 0.3) is 0 Å². The van der Waals surface area contributed by atoms with Crippen molar-refractivity contribution in [2.45, 2.75) is 20.8 Å². The van der Waals surface area contributed by atoms with Crippen LogP contribution in [0.15, 0.2) is 12.1 Å². The van der Waals surface area contributed by atoms with E-state index < -0.39 is 5.97 Å². The highest BCUT2D eigenvalue weighted by Crippen LogP contribution is 2.23. The van der Waals surface area contributed by atoms with Gasteiger partial charge in [-0.1, -0.05) is 0 Å². The van der Waals surface area contributed by atoms with Crippen molar-refractivity contribution in [3.8, 4) is 0 Å². The number of rotatable bonds is 6. The number of amides is 1. The van der Waals surface area contributed by atoms with Gasteiger partial charge in [-0.05, 0) is 38.5 Å². The highest BCUT2D eigenvalue weighted by Gasteiger charge is 2.14. The van der Waals surface area contributed by atoms with Crippen molar-refractivity contribution in [1.82, 2.24) is 4.90 Å². The Bertz CT molecular complexity index is 525. The van der Waals surface area contributed by atoms with Crippen molar-refractivity contribution in [3.05, 3.63) is 23.3 Å². The summed E-state index contributed by atoms with van der Waals surface area (Å²) in [7, 11) is 1.31. The van der Waals surface area contributed by atoms with E-state index in [2.05, 4.69) is 5.32 Å². The van der Waals surface area contributed by atoms with E-state index in [0.717, 1.165) is 5.56 Å². The summed E-state index contributed by atoms with van der Waals surface area (Å²) >= 11 is 0. The van der Waals surface area contributed by atoms with Gasteiger partial charge in [-0.2, -0.15) is 0 Å². The Morgan fingerprint density at radius 2 is 1.90 bits per heavy atom. The van der Waals surface area contributed by atoms with E-state index in [-0.39, 0.29) is 12.5 Å². The number of esters is 1. The summed E-state index contributed by atoms with van der Waals surface area (Å²) in [5.41, 5.74) is 7.99. The van der Waals surface area contributed by atoms with Crippen molar-refractivity contribution in [1.29, 1.82) is 0 Å². The van der Waals surface area contributed by atoms with Crippen molar-refractivity contribution in [3.63, 3.8) is 0 Å². The molecule has 0 aliphatic carbocycles. The van der Waals surface area contributed by atoms with Crippen LogP contribution in [0, 0.1) is 6.92 Å². The van der Waals surface area contributed by atoms with Gasteiger partial charge in [0.05, 0.1) is 19.2 Å². The number of nitrogens with one attached hydrogen (secondary N) is 1. The minimum Gasteiger partial charge on any atom is -0.465 e. The summed E-state index contributed by atoms with van der Waals surface area (Å²) in [6, 6.07) is 3.40. The summed E-state index contributed by atoms with van der Waals surface area (Å²) in [6.07, 6.45) is 0. The van der Waals surface area contributed by atoms with Crippen LogP contribution in [-0.2, 0) is 9.53 Å². The Balaban J connectivity index is 2.88. The summed E-state index contributed by atoms with van der Waals surface area (Å²) in [5, 5.41) is 3.03. The Morgan fingerprint density at radius 3 is 2.43 bits per heavy atom. The highest BCUT2D eigenvalue weighted by atomic mass is 16.5. The molecule has 0 radical (unpaired) electrons. The Hall–Kier alpha value is -2.24. The number of hydrogen-bond acceptors (Lipinski definition) is 5. The summed E-state index contributed by atoms with van der Waals surface area (Å²) < 4.78 is 4.70. The lowest BCUT2D eigenvalue weighted by Crippen LogP contribution is -2.35. The smallest absolute Gasteiger partial charge is 0.340 e. The lowest BCUT2D eigenvalue weighted by Gasteiger charge is -2.19. The molecule has 6 heteroatoms. The van der Waals surface area contributed by atoms with Crippen molar-refractivity contribution >= 4 is 23.3 Å². The average Bonchev–Trinajstić information content (AvgIpc) is 2.48. The summed E-state index contributed by atoms with van der Waals surface area (Å²) in [6.45, 7) is 7.19. The summed E-state index contributed by atoms with van der Waals surface area (Å²) in [4.78, 5) is 25.4. The zero-order valence-electron chi connectivity index (χ0n) is 13.0. The molecule has 0 unspecified atom stereocenters. The number of likely N-dealkylation sites (N-methyl/N-ethyl adjacent to an activating group) is 1. The van der Waals surface area contributed by atoms with E-state index >= 15 is 0 Å². The first-order valence-electron chi connectivity index (χ1n) is 6.94. The number of carbonyl (C=O) groups is 2. The van der Waals surface area contributed by atoms with Gasteiger partial charge in [0, 0.05) is 24.5 Å². The molecule has 0 spiro atoms. The number of nitrogens with two attached hydrogens (primary N) is 1. The van der Waals surface area contributed by atoms with E-state index in [1.165, 1.54) is 7.11 Å². The molecule has 6 nitrogen and oxygen atoms in total. The molecule has 0 heterocycles. The number of anilines is 2. The van der Waals surface area contributed by atoms with Crippen LogP contribution in [0.2, 0.25) is 0 Å². The topological polar surface area (TPSA) is 84.7 Å². The fraction of sp³-hybridized carbons (Fsp3) is 0.467. The van der Waals surface area contributed by atoms with Gasteiger partial charge >= 0.3 is 5.97 Å². The maximum atomic E-state index is 12.0. The van der Waals surface area contributed by atoms with E-state index in [1.807, 2.05) is 13.8 Å². The van der Waals surface area contributed by atoms with Crippen LogP contribution in [0.25, 0.3) is 0 Å². The van der Waals surface area contributed by atoms with Gasteiger partial charge in [-0.15, -0.1) is 0 Å². The molecule has 0 saturated heterocycles. The van der Waals surface area contributed by atoms with Crippen LogP contribution >= 0.6 is 0 Å². The molecular weight excluding hydrogens is 270 g/mol. The summed E-state index contributed by atoms with van der Waals surface area (Å²) in [5.74, 6) is -0.483. The maximum Gasteiger partial charge on any atom is 0.340 e. The lowest BCUT2D eigenvalue weighted by molar-refractivity contribution is -0.128. The van der Waals surface area contributed by atoms with Crippen LogP contribution in [0.4, 0.5) is 11.4 Å². The third kappa shape index (κ3) is 4.11. The number of benzene rings is 1. The Kier molecular flexibility index (Phi) is 6.02. The van der Waals surface area contributed by atoms with Crippen LogP contribution < -0.4 is 11.1 Å². The van der Waals surface area contributed by atoms with Gasteiger partial charge in [-0.3, -0.25) is 4.79 Å². The van der Waals surface area contributed by atoms with Crippen LogP contribution in [0.5, 0.6) is 0 Å². The molecule has 1 aromatic rings. The molecule has 1 amide bonds. The first-order chi connectivity index (χ1) is 9.94. The van der Waals surface area contributed by atoms with E-state index in [9.17, 15) is 9.59 Å². The second-order valence-electron chi connectivity index (χ2n) is 4.67. The molecule has 1 rings (SSSR count). The largest absolute Gasteiger partial charge is 0.465 e. The Labute approximate surface area is 125 Å². The van der Waals surface area contributed by atoms with E-state index in [1.54, 1.807) is 24.0 Å². The molecule has 0 aromatic heterocycles. The molecule has 21 heavy (non-hydrogen) atoms. The normalized spacial score (nSPS) is 10.1. The third-order valence-electron chi connectivity index (χ3n) is 3.35. The van der Waals surface area contributed by atoms with Gasteiger partial charge in [-0.25, -0.2) is 4.79 Å². The van der Waals surface area contributed by atoms with Gasteiger partial charge in [0.15, 0.2) is 0 Å². The number of aryl methyl sites for hydroxylation is 1. The second-order valence-corrected chi connectivity index (χ2v) is 4.67. The van der Waals surface area contributed by atoms with Crippen molar-refractivity contribution < 1.29 is 14.3 Å². The molecule has 0 fully saturated rings. The number of nitrogens with zero attached hydrogens (tertiary/aromatic N) is 1. The quantitative estimate of drug-likeness (QED) is 0.615. The first kappa shape index (κ1) is 16.8. The van der Waals surface area contributed by atoms with Crippen LogP contribution in [-0.4, -0.2) is 43.5 Å². The molecule has 116 valence electrons. The van der Waals surface area contributed by atoms with Gasteiger partial charge in [0.2, 0.25) is 5.91 Å². The number of hydrogen-bond donors (Lipinski definition) is 2. The van der Waals surface area contributed by atoms with Gasteiger partial charge in [0.1, 0.15) is 0 Å².